The van der Waals surface area contributed by atoms with Gasteiger partial charge in [0.25, 0.3) is 0 Å². The van der Waals surface area contributed by atoms with Gasteiger partial charge in [0.05, 0.1) is 21.0 Å². The molecule has 2 aromatic carbocycles. The van der Waals surface area contributed by atoms with Gasteiger partial charge in [0.15, 0.2) is 0 Å². The third-order valence-corrected chi connectivity index (χ3v) is 7.14. The Labute approximate surface area is 142 Å². The minimum absolute atomic E-state index is 0.330. The molecule has 4 nitrogen and oxygen atoms in total. The van der Waals surface area contributed by atoms with Crippen molar-refractivity contribution in [3.63, 3.8) is 0 Å². The Morgan fingerprint density at radius 2 is 1.42 bits per heavy atom. The van der Waals surface area contributed by atoms with Crippen molar-refractivity contribution in [1.29, 1.82) is 0 Å². The van der Waals surface area contributed by atoms with Crippen molar-refractivity contribution in [3.05, 3.63) is 42.5 Å². The van der Waals surface area contributed by atoms with Gasteiger partial charge in [-0.15, -0.1) is 0 Å². The molecule has 0 atom stereocenters. The molecule has 6 heteroatoms. The van der Waals surface area contributed by atoms with Gasteiger partial charge < -0.3 is 9.31 Å². The molecule has 2 heterocycles. The van der Waals surface area contributed by atoms with Gasteiger partial charge in [0.2, 0.25) is 9.84 Å². The highest BCUT2D eigenvalue weighted by Crippen LogP contribution is 2.43. The standard InChI is InChI=1S/C18H19BO4S/c1-17(2)18(3,4)23-19(22-17)12-9-10-14-13-7-5-6-8-15(13)24(20,21)16(14)11-12/h5-11H,1-4H3. The number of hydrogen-bond acceptors (Lipinski definition) is 4. The molecule has 0 saturated carbocycles. The van der Waals surface area contributed by atoms with E-state index in [1.165, 1.54) is 0 Å². The molecular formula is C18H19BO4S. The van der Waals surface area contributed by atoms with Crippen molar-refractivity contribution < 1.29 is 17.7 Å². The maximum Gasteiger partial charge on any atom is 0.494 e. The molecule has 4 rings (SSSR count). The van der Waals surface area contributed by atoms with E-state index in [2.05, 4.69) is 0 Å². The van der Waals surface area contributed by atoms with Gasteiger partial charge in [-0.2, -0.15) is 0 Å². The van der Waals surface area contributed by atoms with Crippen molar-refractivity contribution >= 4 is 22.4 Å². The minimum Gasteiger partial charge on any atom is -0.399 e. The van der Waals surface area contributed by atoms with Gasteiger partial charge in [0, 0.05) is 11.1 Å². The molecule has 0 N–H and O–H groups in total. The normalized spacial score (nSPS) is 22.2. The summed E-state index contributed by atoms with van der Waals surface area (Å²) < 4.78 is 37.7. The van der Waals surface area contributed by atoms with E-state index in [0.29, 0.717) is 9.79 Å². The summed E-state index contributed by atoms with van der Waals surface area (Å²) in [6.07, 6.45) is 0. The van der Waals surface area contributed by atoms with Crippen LogP contribution in [0.5, 0.6) is 0 Å². The fourth-order valence-corrected chi connectivity index (χ4v) is 4.87. The zero-order valence-electron chi connectivity index (χ0n) is 14.2. The van der Waals surface area contributed by atoms with Crippen LogP contribution in [0.3, 0.4) is 0 Å². The zero-order valence-corrected chi connectivity index (χ0v) is 15.0. The number of benzene rings is 2. The summed E-state index contributed by atoms with van der Waals surface area (Å²) in [6, 6.07) is 12.5. The number of fused-ring (bicyclic) bond motifs is 3. The predicted molar refractivity (Wildman–Crippen MR) is 93.0 cm³/mol. The Hall–Kier alpha value is -1.63. The summed E-state index contributed by atoms with van der Waals surface area (Å²) in [7, 11) is -4.06. The predicted octanol–water partition coefficient (Wildman–Crippen LogP) is 2.80. The highest BCUT2D eigenvalue weighted by atomic mass is 32.2. The van der Waals surface area contributed by atoms with Crippen LogP contribution in [0.4, 0.5) is 0 Å². The fourth-order valence-electron chi connectivity index (χ4n) is 3.15. The quantitative estimate of drug-likeness (QED) is 0.638. The minimum atomic E-state index is -3.49. The van der Waals surface area contributed by atoms with Crippen molar-refractivity contribution in [3.8, 4) is 11.1 Å². The summed E-state index contributed by atoms with van der Waals surface area (Å²) in [5, 5.41) is 0. The number of hydrogen-bond donors (Lipinski definition) is 0. The van der Waals surface area contributed by atoms with Crippen LogP contribution in [0, 0.1) is 0 Å². The molecule has 124 valence electrons. The Morgan fingerprint density at radius 1 is 0.833 bits per heavy atom. The molecule has 2 aliphatic rings. The lowest BCUT2D eigenvalue weighted by molar-refractivity contribution is 0.00578. The van der Waals surface area contributed by atoms with Crippen LogP contribution < -0.4 is 5.46 Å². The second-order valence-corrected chi connectivity index (χ2v) is 9.23. The van der Waals surface area contributed by atoms with Crippen LogP contribution in [-0.2, 0) is 19.1 Å². The summed E-state index contributed by atoms with van der Waals surface area (Å²) >= 11 is 0. The number of sulfone groups is 1. The maximum absolute atomic E-state index is 12.8. The van der Waals surface area contributed by atoms with E-state index >= 15 is 0 Å². The van der Waals surface area contributed by atoms with Crippen LogP contribution in [0.25, 0.3) is 11.1 Å². The Bertz CT molecular complexity index is 931. The molecule has 1 fully saturated rings. The second-order valence-electron chi connectivity index (χ2n) is 7.34. The van der Waals surface area contributed by atoms with E-state index in [1.807, 2.05) is 52.0 Å². The van der Waals surface area contributed by atoms with Gasteiger partial charge in [-0.25, -0.2) is 8.42 Å². The molecular weight excluding hydrogens is 323 g/mol. The molecule has 2 aliphatic heterocycles. The van der Waals surface area contributed by atoms with E-state index in [9.17, 15) is 8.42 Å². The first-order chi connectivity index (χ1) is 11.1. The van der Waals surface area contributed by atoms with Crippen molar-refractivity contribution in [1.82, 2.24) is 0 Å². The van der Waals surface area contributed by atoms with Crippen LogP contribution in [-0.4, -0.2) is 26.7 Å². The first-order valence-electron chi connectivity index (χ1n) is 7.98. The Balaban J connectivity index is 1.81. The second kappa shape index (κ2) is 4.72. The molecule has 0 aliphatic carbocycles. The Morgan fingerprint density at radius 3 is 2.08 bits per heavy atom. The lowest BCUT2D eigenvalue weighted by atomic mass is 9.78. The summed E-state index contributed by atoms with van der Waals surface area (Å²) in [5.74, 6) is 0. The SMILES string of the molecule is CC1(C)OB(c2ccc3c(c2)S(=O)(=O)c2ccccc2-3)OC1(C)C. The zero-order chi connectivity index (χ0) is 17.3. The summed E-state index contributed by atoms with van der Waals surface area (Å²) in [4.78, 5) is 0.696. The van der Waals surface area contributed by atoms with E-state index in [0.717, 1.165) is 16.6 Å². The highest BCUT2D eigenvalue weighted by Gasteiger charge is 2.52. The van der Waals surface area contributed by atoms with Crippen molar-refractivity contribution in [2.45, 2.75) is 48.7 Å². The molecule has 0 radical (unpaired) electrons. The molecule has 0 unspecified atom stereocenters. The molecule has 0 spiro atoms. The maximum atomic E-state index is 12.8. The third-order valence-electron chi connectivity index (χ3n) is 5.29. The largest absolute Gasteiger partial charge is 0.494 e. The van der Waals surface area contributed by atoms with E-state index in [1.54, 1.807) is 18.2 Å². The van der Waals surface area contributed by atoms with Crippen LogP contribution in [0.2, 0.25) is 0 Å². The van der Waals surface area contributed by atoms with E-state index in [4.69, 9.17) is 9.31 Å². The lowest BCUT2D eigenvalue weighted by Crippen LogP contribution is -2.41. The lowest BCUT2D eigenvalue weighted by Gasteiger charge is -2.32. The summed E-state index contributed by atoms with van der Waals surface area (Å²) in [6.45, 7) is 7.92. The van der Waals surface area contributed by atoms with Crippen molar-refractivity contribution in [2.75, 3.05) is 0 Å². The van der Waals surface area contributed by atoms with E-state index in [-0.39, 0.29) is 0 Å². The number of rotatable bonds is 1. The van der Waals surface area contributed by atoms with Gasteiger partial charge in [-0.3, -0.25) is 0 Å². The Kier molecular flexibility index (Phi) is 3.12. The average Bonchev–Trinajstić information content (AvgIpc) is 2.88. The third kappa shape index (κ3) is 2.03. The first-order valence-corrected chi connectivity index (χ1v) is 9.46. The van der Waals surface area contributed by atoms with Crippen LogP contribution in [0.15, 0.2) is 52.3 Å². The molecule has 24 heavy (non-hydrogen) atoms. The molecule has 0 aromatic heterocycles. The van der Waals surface area contributed by atoms with Crippen LogP contribution >= 0.6 is 0 Å². The smallest absolute Gasteiger partial charge is 0.399 e. The molecule has 0 bridgehead atoms. The average molecular weight is 342 g/mol. The first kappa shape index (κ1) is 15.9. The summed E-state index contributed by atoms with van der Waals surface area (Å²) in [5.41, 5.74) is 1.31. The van der Waals surface area contributed by atoms with Crippen LogP contribution in [0.1, 0.15) is 27.7 Å². The van der Waals surface area contributed by atoms with Gasteiger partial charge in [0.1, 0.15) is 0 Å². The van der Waals surface area contributed by atoms with Gasteiger partial charge >= 0.3 is 7.12 Å². The molecule has 0 amide bonds. The molecule has 1 saturated heterocycles. The van der Waals surface area contributed by atoms with Gasteiger partial charge in [-0.05, 0) is 45.3 Å². The monoisotopic (exact) mass is 342 g/mol. The van der Waals surface area contributed by atoms with Gasteiger partial charge in [-0.1, -0.05) is 30.3 Å². The fraction of sp³-hybridized carbons (Fsp3) is 0.333. The van der Waals surface area contributed by atoms with E-state index < -0.39 is 28.2 Å². The topological polar surface area (TPSA) is 52.6 Å². The van der Waals surface area contributed by atoms with Crippen molar-refractivity contribution in [2.24, 2.45) is 0 Å². The highest BCUT2D eigenvalue weighted by molar-refractivity contribution is 7.92. The molecule has 2 aromatic rings.